The summed E-state index contributed by atoms with van der Waals surface area (Å²) in [4.78, 5) is 33.4. The summed E-state index contributed by atoms with van der Waals surface area (Å²) in [7, 11) is 1.50. The fraction of sp³-hybridized carbons (Fsp3) is 0.250. The van der Waals surface area contributed by atoms with Crippen LogP contribution < -0.4 is 10.6 Å². The minimum absolute atomic E-state index is 0.00711. The Morgan fingerprint density at radius 3 is 2.60 bits per heavy atom. The number of nitrogens with one attached hydrogen (secondary N) is 2. The Bertz CT molecular complexity index is 536. The molecule has 2 amide bonds. The fourth-order valence-corrected chi connectivity index (χ4v) is 2.02. The van der Waals surface area contributed by atoms with Crippen molar-refractivity contribution < 1.29 is 19.5 Å². The lowest BCUT2D eigenvalue weighted by molar-refractivity contribution is -0.133. The van der Waals surface area contributed by atoms with E-state index in [-0.39, 0.29) is 23.3 Å². The molecule has 0 spiro atoms. The molecule has 1 rings (SSSR count). The van der Waals surface area contributed by atoms with Gasteiger partial charge in [-0.2, -0.15) is 0 Å². The minimum atomic E-state index is -0.984. The first-order chi connectivity index (χ1) is 9.43. The van der Waals surface area contributed by atoms with Gasteiger partial charge in [0.25, 0.3) is 5.91 Å². The summed E-state index contributed by atoms with van der Waals surface area (Å²) in [5.41, 5.74) is 0.680. The van der Waals surface area contributed by atoms with Crippen LogP contribution >= 0.6 is 23.4 Å². The third kappa shape index (κ3) is 5.10. The van der Waals surface area contributed by atoms with Crippen LogP contribution in [0.5, 0.6) is 0 Å². The first kappa shape index (κ1) is 16.3. The number of aliphatic carboxylic acids is 1. The Balaban J connectivity index is 2.68. The second-order valence-electron chi connectivity index (χ2n) is 3.71. The molecule has 6 nitrogen and oxygen atoms in total. The molecule has 0 aliphatic heterocycles. The van der Waals surface area contributed by atoms with Crippen LogP contribution in [-0.2, 0) is 9.59 Å². The van der Waals surface area contributed by atoms with Gasteiger partial charge in [0.05, 0.1) is 22.2 Å². The van der Waals surface area contributed by atoms with Crippen molar-refractivity contribution in [1.82, 2.24) is 5.32 Å². The zero-order valence-electron chi connectivity index (χ0n) is 10.6. The highest BCUT2D eigenvalue weighted by Crippen LogP contribution is 2.23. The number of rotatable bonds is 6. The third-order valence-electron chi connectivity index (χ3n) is 2.19. The highest BCUT2D eigenvalue weighted by Gasteiger charge is 2.10. The largest absolute Gasteiger partial charge is 0.481 e. The maximum atomic E-state index is 11.6. The molecule has 0 radical (unpaired) electrons. The Morgan fingerprint density at radius 1 is 1.30 bits per heavy atom. The Kier molecular flexibility index (Phi) is 6.33. The number of thioether (sulfide) groups is 1. The van der Waals surface area contributed by atoms with Gasteiger partial charge < -0.3 is 15.7 Å². The first-order valence-corrected chi connectivity index (χ1v) is 7.08. The van der Waals surface area contributed by atoms with Gasteiger partial charge in [0, 0.05) is 12.6 Å². The van der Waals surface area contributed by atoms with Gasteiger partial charge in [-0.3, -0.25) is 14.4 Å². The summed E-state index contributed by atoms with van der Waals surface area (Å²) < 4.78 is 0. The van der Waals surface area contributed by atoms with Crippen molar-refractivity contribution in [2.75, 3.05) is 23.9 Å². The Labute approximate surface area is 124 Å². The molecule has 0 fully saturated rings. The number of hydrogen-bond acceptors (Lipinski definition) is 4. The van der Waals surface area contributed by atoms with Crippen LogP contribution in [0, 0.1) is 0 Å². The van der Waals surface area contributed by atoms with E-state index in [4.69, 9.17) is 16.7 Å². The van der Waals surface area contributed by atoms with Crippen molar-refractivity contribution in [1.29, 1.82) is 0 Å². The number of carbonyl (C=O) groups excluding carboxylic acids is 2. The van der Waals surface area contributed by atoms with E-state index < -0.39 is 5.97 Å². The Morgan fingerprint density at radius 2 is 2.00 bits per heavy atom. The lowest BCUT2D eigenvalue weighted by atomic mass is 10.2. The van der Waals surface area contributed by atoms with E-state index in [1.807, 2.05) is 0 Å². The number of amides is 2. The number of carboxylic acid groups (broad SMARTS) is 1. The Hall–Kier alpha value is -1.73. The molecule has 0 atom stereocenters. The molecular formula is C12H13ClN2O4S. The molecular weight excluding hydrogens is 304 g/mol. The highest BCUT2D eigenvalue weighted by atomic mass is 35.5. The van der Waals surface area contributed by atoms with Gasteiger partial charge >= 0.3 is 5.97 Å². The molecule has 0 bridgehead atoms. The van der Waals surface area contributed by atoms with Gasteiger partial charge in [-0.1, -0.05) is 11.6 Å². The number of carbonyl (C=O) groups is 3. The van der Waals surface area contributed by atoms with Crippen molar-refractivity contribution in [3.05, 3.63) is 28.8 Å². The zero-order chi connectivity index (χ0) is 15.1. The van der Waals surface area contributed by atoms with Crippen molar-refractivity contribution in [2.24, 2.45) is 0 Å². The number of anilines is 1. The third-order valence-corrected chi connectivity index (χ3v) is 3.44. The van der Waals surface area contributed by atoms with Crippen molar-refractivity contribution in [3.8, 4) is 0 Å². The molecule has 20 heavy (non-hydrogen) atoms. The summed E-state index contributed by atoms with van der Waals surface area (Å²) >= 11 is 6.90. The van der Waals surface area contributed by atoms with E-state index in [2.05, 4.69) is 10.6 Å². The molecule has 0 aliphatic rings. The van der Waals surface area contributed by atoms with Crippen molar-refractivity contribution in [2.45, 2.75) is 0 Å². The highest BCUT2D eigenvalue weighted by molar-refractivity contribution is 8.00. The summed E-state index contributed by atoms with van der Waals surface area (Å²) in [5.74, 6) is -1.82. The van der Waals surface area contributed by atoms with Gasteiger partial charge in [-0.25, -0.2) is 0 Å². The summed E-state index contributed by atoms with van der Waals surface area (Å²) in [6.45, 7) is 0. The number of hydrogen-bond donors (Lipinski definition) is 3. The maximum Gasteiger partial charge on any atom is 0.313 e. The molecule has 0 aromatic heterocycles. The fourth-order valence-electron chi connectivity index (χ4n) is 1.32. The molecule has 108 valence electrons. The van der Waals surface area contributed by atoms with Gasteiger partial charge in [0.15, 0.2) is 0 Å². The van der Waals surface area contributed by atoms with E-state index in [9.17, 15) is 14.4 Å². The minimum Gasteiger partial charge on any atom is -0.481 e. The predicted octanol–water partition coefficient (Wildman–Crippen LogP) is 1.46. The lowest BCUT2D eigenvalue weighted by Crippen LogP contribution is -2.19. The smallest absolute Gasteiger partial charge is 0.313 e. The average Bonchev–Trinajstić information content (AvgIpc) is 2.40. The zero-order valence-corrected chi connectivity index (χ0v) is 12.2. The molecule has 3 N–H and O–H groups in total. The standard InChI is InChI=1S/C12H13ClN2O4S/c1-14-12(19)7-2-3-8(13)9(4-7)15-10(16)5-20-6-11(17)18/h2-4H,5-6H2,1H3,(H,14,19)(H,15,16)(H,17,18). The van der Waals surface area contributed by atoms with Crippen LogP contribution in [0.4, 0.5) is 5.69 Å². The van der Waals surface area contributed by atoms with E-state index in [0.29, 0.717) is 16.3 Å². The second kappa shape index (κ2) is 7.76. The van der Waals surface area contributed by atoms with Crippen molar-refractivity contribution >= 4 is 46.8 Å². The van der Waals surface area contributed by atoms with E-state index in [1.54, 1.807) is 0 Å². The van der Waals surface area contributed by atoms with Crippen LogP contribution in [0.3, 0.4) is 0 Å². The molecule has 0 aliphatic carbocycles. The van der Waals surface area contributed by atoms with Gasteiger partial charge in [0.1, 0.15) is 0 Å². The van der Waals surface area contributed by atoms with Crippen LogP contribution in [0.25, 0.3) is 0 Å². The normalized spacial score (nSPS) is 9.90. The quantitative estimate of drug-likeness (QED) is 0.738. The molecule has 0 heterocycles. The van der Waals surface area contributed by atoms with E-state index >= 15 is 0 Å². The van der Waals surface area contributed by atoms with Crippen LogP contribution in [0.2, 0.25) is 5.02 Å². The number of benzene rings is 1. The van der Waals surface area contributed by atoms with Gasteiger partial charge in [-0.05, 0) is 18.2 Å². The van der Waals surface area contributed by atoms with E-state index in [0.717, 1.165) is 11.8 Å². The molecule has 8 heteroatoms. The first-order valence-electron chi connectivity index (χ1n) is 5.55. The lowest BCUT2D eigenvalue weighted by Gasteiger charge is -2.08. The summed E-state index contributed by atoms with van der Waals surface area (Å²) in [6.07, 6.45) is 0. The SMILES string of the molecule is CNC(=O)c1ccc(Cl)c(NC(=O)CSCC(=O)O)c1. The average molecular weight is 317 g/mol. The predicted molar refractivity (Wildman–Crippen MR) is 78.4 cm³/mol. The molecule has 0 unspecified atom stereocenters. The molecule has 1 aromatic rings. The topological polar surface area (TPSA) is 95.5 Å². The second-order valence-corrected chi connectivity index (χ2v) is 5.10. The maximum absolute atomic E-state index is 11.6. The van der Waals surface area contributed by atoms with Gasteiger partial charge in [0.2, 0.25) is 5.91 Å². The van der Waals surface area contributed by atoms with Crippen molar-refractivity contribution in [3.63, 3.8) is 0 Å². The summed E-state index contributed by atoms with van der Waals surface area (Å²) in [5, 5.41) is 13.8. The van der Waals surface area contributed by atoms with Crippen LogP contribution in [0.1, 0.15) is 10.4 Å². The van der Waals surface area contributed by atoms with Crippen LogP contribution in [-0.4, -0.2) is 41.4 Å². The molecule has 1 aromatic carbocycles. The summed E-state index contributed by atoms with van der Waals surface area (Å²) in [6, 6.07) is 4.50. The number of carboxylic acids is 1. The monoisotopic (exact) mass is 316 g/mol. The molecule has 0 saturated carbocycles. The van der Waals surface area contributed by atoms with E-state index in [1.165, 1.54) is 25.2 Å². The van der Waals surface area contributed by atoms with Gasteiger partial charge in [-0.15, -0.1) is 11.8 Å². The number of halogens is 1. The molecule has 0 saturated heterocycles. The van der Waals surface area contributed by atoms with Crippen LogP contribution in [0.15, 0.2) is 18.2 Å².